The highest BCUT2D eigenvalue weighted by Crippen LogP contribution is 2.27. The van der Waals surface area contributed by atoms with Crippen LogP contribution >= 0.6 is 15.9 Å². The van der Waals surface area contributed by atoms with Crippen molar-refractivity contribution in [3.05, 3.63) is 29.6 Å². The number of nitrogens with zero attached hydrogens (tertiary/aromatic N) is 1. The monoisotopic (exact) mass is 299 g/mol. The molecule has 1 atom stereocenters. The molecular formula is C14H19BrFN. The number of halogens is 2. The van der Waals surface area contributed by atoms with Gasteiger partial charge >= 0.3 is 0 Å². The van der Waals surface area contributed by atoms with Crippen molar-refractivity contribution in [2.45, 2.75) is 31.5 Å². The lowest BCUT2D eigenvalue weighted by atomic mass is 9.95. The van der Waals surface area contributed by atoms with Gasteiger partial charge in [-0.15, -0.1) is 0 Å². The van der Waals surface area contributed by atoms with Crippen LogP contribution in [0.5, 0.6) is 0 Å². The third-order valence-electron chi connectivity index (χ3n) is 3.60. The molecule has 2 rings (SSSR count). The summed E-state index contributed by atoms with van der Waals surface area (Å²) in [6, 6.07) is 5.56. The summed E-state index contributed by atoms with van der Waals surface area (Å²) in [5.74, 6) is 0.637. The largest absolute Gasteiger partial charge is 0.369 e. The van der Waals surface area contributed by atoms with Crippen LogP contribution in [0.4, 0.5) is 10.1 Å². The first-order valence-electron chi connectivity index (χ1n) is 6.34. The number of hydrogen-bond acceptors (Lipinski definition) is 1. The second kappa shape index (κ2) is 5.85. The highest BCUT2D eigenvalue weighted by atomic mass is 79.9. The van der Waals surface area contributed by atoms with Gasteiger partial charge in [-0.05, 0) is 36.5 Å². The van der Waals surface area contributed by atoms with Crippen molar-refractivity contribution in [3.63, 3.8) is 0 Å². The van der Waals surface area contributed by atoms with Crippen LogP contribution in [0.1, 0.15) is 31.7 Å². The quantitative estimate of drug-likeness (QED) is 0.750. The minimum atomic E-state index is -0.0845. The Labute approximate surface area is 111 Å². The summed E-state index contributed by atoms with van der Waals surface area (Å²) in [6.45, 7) is 4.21. The van der Waals surface area contributed by atoms with E-state index in [1.54, 1.807) is 6.07 Å². The normalized spacial score (nSPS) is 20.6. The standard InChI is InChI=1S/C14H19BrFN/c1-2-11-4-3-7-17(10-11)14-6-5-12(9-15)8-13(14)16/h5-6,8,11H,2-4,7,9-10H2,1H3. The van der Waals surface area contributed by atoms with Crippen LogP contribution in [0.3, 0.4) is 0 Å². The Balaban J connectivity index is 2.16. The summed E-state index contributed by atoms with van der Waals surface area (Å²) < 4.78 is 14.0. The predicted octanol–water partition coefficient (Wildman–Crippen LogP) is 4.35. The van der Waals surface area contributed by atoms with Crippen molar-refractivity contribution >= 4 is 21.6 Å². The highest BCUT2D eigenvalue weighted by Gasteiger charge is 2.20. The van der Waals surface area contributed by atoms with Gasteiger partial charge in [-0.3, -0.25) is 0 Å². The fourth-order valence-electron chi connectivity index (χ4n) is 2.51. The van der Waals surface area contributed by atoms with Gasteiger partial charge in [0.25, 0.3) is 0 Å². The van der Waals surface area contributed by atoms with Gasteiger partial charge in [-0.2, -0.15) is 0 Å². The van der Waals surface area contributed by atoms with E-state index in [0.29, 0.717) is 5.33 Å². The molecule has 3 heteroatoms. The van der Waals surface area contributed by atoms with E-state index < -0.39 is 0 Å². The maximum absolute atomic E-state index is 14.0. The van der Waals surface area contributed by atoms with Gasteiger partial charge < -0.3 is 4.90 Å². The Morgan fingerprint density at radius 1 is 1.47 bits per heavy atom. The molecule has 1 unspecified atom stereocenters. The van der Waals surface area contributed by atoms with Crippen LogP contribution in [-0.2, 0) is 5.33 Å². The van der Waals surface area contributed by atoms with Gasteiger partial charge in [0, 0.05) is 18.4 Å². The smallest absolute Gasteiger partial charge is 0.146 e. The molecule has 1 aliphatic rings. The maximum atomic E-state index is 14.0. The Bertz CT molecular complexity index is 380. The molecule has 1 fully saturated rings. The van der Waals surface area contributed by atoms with Crippen LogP contribution in [0.25, 0.3) is 0 Å². The van der Waals surface area contributed by atoms with Gasteiger partial charge in [0.2, 0.25) is 0 Å². The average Bonchev–Trinajstić information content (AvgIpc) is 2.38. The summed E-state index contributed by atoms with van der Waals surface area (Å²) in [4.78, 5) is 2.20. The zero-order valence-electron chi connectivity index (χ0n) is 10.3. The molecule has 0 amide bonds. The second-order valence-corrected chi connectivity index (χ2v) is 5.34. The van der Waals surface area contributed by atoms with Crippen molar-refractivity contribution in [3.8, 4) is 0 Å². The molecule has 0 aromatic heterocycles. The lowest BCUT2D eigenvalue weighted by Crippen LogP contribution is -2.35. The third kappa shape index (κ3) is 3.01. The van der Waals surface area contributed by atoms with Crippen molar-refractivity contribution in [2.24, 2.45) is 5.92 Å². The Hall–Kier alpha value is -0.570. The summed E-state index contributed by atoms with van der Waals surface area (Å²) >= 11 is 3.35. The third-order valence-corrected chi connectivity index (χ3v) is 4.25. The topological polar surface area (TPSA) is 3.24 Å². The molecular weight excluding hydrogens is 281 g/mol. The first-order chi connectivity index (χ1) is 8.24. The van der Waals surface area contributed by atoms with E-state index >= 15 is 0 Å². The van der Waals surface area contributed by atoms with Gasteiger partial charge in [-0.1, -0.05) is 35.3 Å². The van der Waals surface area contributed by atoms with Gasteiger partial charge in [-0.25, -0.2) is 4.39 Å². The number of benzene rings is 1. The number of anilines is 1. The first-order valence-corrected chi connectivity index (χ1v) is 7.46. The molecule has 1 aromatic rings. The van der Waals surface area contributed by atoms with E-state index in [1.807, 2.05) is 12.1 Å². The molecule has 1 nitrogen and oxygen atoms in total. The van der Waals surface area contributed by atoms with Gasteiger partial charge in [0.05, 0.1) is 5.69 Å². The van der Waals surface area contributed by atoms with Crippen LogP contribution in [-0.4, -0.2) is 13.1 Å². The van der Waals surface area contributed by atoms with Crippen LogP contribution in [0.15, 0.2) is 18.2 Å². The lowest BCUT2D eigenvalue weighted by Gasteiger charge is -2.34. The number of hydrogen-bond donors (Lipinski definition) is 0. The van der Waals surface area contributed by atoms with Crippen LogP contribution in [0.2, 0.25) is 0 Å². The molecule has 17 heavy (non-hydrogen) atoms. The molecule has 0 radical (unpaired) electrons. The molecule has 1 saturated heterocycles. The van der Waals surface area contributed by atoms with Crippen LogP contribution in [0, 0.1) is 11.7 Å². The molecule has 1 heterocycles. The van der Waals surface area contributed by atoms with Gasteiger partial charge in [0.15, 0.2) is 0 Å². The molecule has 0 saturated carbocycles. The summed E-state index contributed by atoms with van der Waals surface area (Å²) in [5, 5.41) is 0.710. The van der Waals surface area contributed by atoms with E-state index in [0.717, 1.165) is 30.3 Å². The molecule has 0 aliphatic carbocycles. The van der Waals surface area contributed by atoms with Gasteiger partial charge in [0.1, 0.15) is 5.82 Å². The van der Waals surface area contributed by atoms with E-state index in [2.05, 4.69) is 27.8 Å². The van der Waals surface area contributed by atoms with Crippen molar-refractivity contribution in [2.75, 3.05) is 18.0 Å². The molecule has 1 aliphatic heterocycles. The fourth-order valence-corrected chi connectivity index (χ4v) is 2.86. The average molecular weight is 300 g/mol. The Morgan fingerprint density at radius 2 is 2.29 bits per heavy atom. The minimum absolute atomic E-state index is 0.0845. The Morgan fingerprint density at radius 3 is 2.94 bits per heavy atom. The molecule has 0 N–H and O–H groups in total. The number of rotatable bonds is 3. The second-order valence-electron chi connectivity index (χ2n) is 4.78. The number of piperidine rings is 1. The zero-order chi connectivity index (χ0) is 12.3. The van der Waals surface area contributed by atoms with Crippen molar-refractivity contribution in [1.82, 2.24) is 0 Å². The maximum Gasteiger partial charge on any atom is 0.146 e. The molecule has 1 aromatic carbocycles. The minimum Gasteiger partial charge on any atom is -0.369 e. The van der Waals surface area contributed by atoms with E-state index in [1.165, 1.54) is 19.3 Å². The SMILES string of the molecule is CCC1CCCN(c2ccc(CBr)cc2F)C1. The zero-order valence-corrected chi connectivity index (χ0v) is 11.8. The van der Waals surface area contributed by atoms with E-state index in [9.17, 15) is 4.39 Å². The van der Waals surface area contributed by atoms with E-state index in [-0.39, 0.29) is 5.82 Å². The molecule has 0 bridgehead atoms. The highest BCUT2D eigenvalue weighted by molar-refractivity contribution is 9.08. The number of alkyl halides is 1. The summed E-state index contributed by atoms with van der Waals surface area (Å²) in [6.07, 6.45) is 3.66. The molecule has 94 valence electrons. The summed E-state index contributed by atoms with van der Waals surface area (Å²) in [7, 11) is 0. The molecule has 0 spiro atoms. The van der Waals surface area contributed by atoms with Crippen molar-refractivity contribution in [1.29, 1.82) is 0 Å². The van der Waals surface area contributed by atoms with E-state index in [4.69, 9.17) is 0 Å². The van der Waals surface area contributed by atoms with Crippen molar-refractivity contribution < 1.29 is 4.39 Å². The lowest BCUT2D eigenvalue weighted by molar-refractivity contribution is 0.401. The summed E-state index contributed by atoms with van der Waals surface area (Å²) in [5.41, 5.74) is 1.77. The Kier molecular flexibility index (Phi) is 4.43. The first kappa shape index (κ1) is 12.9. The fraction of sp³-hybridized carbons (Fsp3) is 0.571. The predicted molar refractivity (Wildman–Crippen MR) is 74.3 cm³/mol. The van der Waals surface area contributed by atoms with Crippen LogP contribution < -0.4 is 4.90 Å².